The van der Waals surface area contributed by atoms with Crippen molar-refractivity contribution in [1.82, 2.24) is 13.8 Å². The van der Waals surface area contributed by atoms with Crippen molar-refractivity contribution in [2.24, 2.45) is 0 Å². The van der Waals surface area contributed by atoms with Crippen LogP contribution in [0.5, 0.6) is 0 Å². The van der Waals surface area contributed by atoms with Crippen LogP contribution in [-0.2, 0) is 21.3 Å². The number of carbonyl (C=O) groups is 1. The van der Waals surface area contributed by atoms with Gasteiger partial charge >= 0.3 is 6.09 Å². The summed E-state index contributed by atoms with van der Waals surface area (Å²) in [4.78, 5) is 15.3. The van der Waals surface area contributed by atoms with Gasteiger partial charge in [-0.15, -0.1) is 11.3 Å². The molecule has 208 valence electrons. The highest BCUT2D eigenvalue weighted by atomic mass is 32.2. The van der Waals surface area contributed by atoms with Gasteiger partial charge < -0.3 is 9.30 Å². The third kappa shape index (κ3) is 5.84. The molecule has 1 aliphatic rings. The maximum absolute atomic E-state index is 13.4. The highest BCUT2D eigenvalue weighted by Gasteiger charge is 2.39. The second kappa shape index (κ2) is 12.1. The number of amides is 1. The highest BCUT2D eigenvalue weighted by molar-refractivity contribution is 7.91. The Morgan fingerprint density at radius 3 is 2.59 bits per heavy atom. The lowest BCUT2D eigenvalue weighted by Gasteiger charge is -2.39. The van der Waals surface area contributed by atoms with Crippen LogP contribution in [-0.4, -0.2) is 60.7 Å². The van der Waals surface area contributed by atoms with Crippen molar-refractivity contribution in [3.05, 3.63) is 60.0 Å². The number of sulfonamides is 1. The van der Waals surface area contributed by atoms with E-state index in [2.05, 4.69) is 40.8 Å². The topological polar surface area (TPSA) is 83.9 Å². The van der Waals surface area contributed by atoms with E-state index in [1.54, 1.807) is 17.5 Å². The molecule has 0 bridgehead atoms. The minimum Gasteiger partial charge on any atom is -0.428 e. The van der Waals surface area contributed by atoms with E-state index in [9.17, 15) is 13.2 Å². The molecular weight excluding hydrogens is 532 g/mol. The standard InChI is InChI=1S/C29H36N4O4S2/c1-3-5-6-9-16-31-17-18-33(39(35,36)28-13-10-19-38-28)27(21-31)37-29(34)30-22-14-15-26-24(20-22)23-11-7-8-12-25(23)32(26)4-2/h7-8,10-15,19-20,27H,3-6,9,16-18,21H2,1-2H3,(H,30,34). The van der Waals surface area contributed by atoms with E-state index in [0.717, 1.165) is 54.2 Å². The first-order valence-corrected chi connectivity index (χ1v) is 16.0. The normalized spacial score (nSPS) is 17.1. The zero-order chi connectivity index (χ0) is 27.4. The number of unbranched alkanes of at least 4 members (excludes halogenated alkanes) is 3. The van der Waals surface area contributed by atoms with Gasteiger partial charge in [0, 0.05) is 47.1 Å². The quantitative estimate of drug-likeness (QED) is 0.226. The number of aryl methyl sites for hydroxylation is 1. The van der Waals surface area contributed by atoms with Gasteiger partial charge in [-0.05, 0) is 55.6 Å². The van der Waals surface area contributed by atoms with E-state index < -0.39 is 22.3 Å². The molecule has 1 N–H and O–H groups in total. The zero-order valence-corrected chi connectivity index (χ0v) is 24.1. The van der Waals surface area contributed by atoms with E-state index in [1.807, 2.05) is 30.3 Å². The van der Waals surface area contributed by atoms with E-state index in [1.165, 1.54) is 22.1 Å². The first-order valence-electron chi connectivity index (χ1n) is 13.7. The lowest BCUT2D eigenvalue weighted by Crippen LogP contribution is -2.56. The van der Waals surface area contributed by atoms with Crippen LogP contribution < -0.4 is 5.32 Å². The Kier molecular flexibility index (Phi) is 8.56. The summed E-state index contributed by atoms with van der Waals surface area (Å²) in [5, 5.41) is 6.75. The predicted molar refractivity (Wildman–Crippen MR) is 158 cm³/mol. The van der Waals surface area contributed by atoms with Gasteiger partial charge in [0.15, 0.2) is 6.23 Å². The molecule has 1 fully saturated rings. The van der Waals surface area contributed by atoms with Gasteiger partial charge in [-0.2, -0.15) is 4.31 Å². The lowest BCUT2D eigenvalue weighted by atomic mass is 10.1. The number of carbonyl (C=O) groups excluding carboxylic acids is 1. The maximum Gasteiger partial charge on any atom is 0.413 e. The van der Waals surface area contributed by atoms with Gasteiger partial charge in [-0.25, -0.2) is 13.2 Å². The molecule has 0 radical (unpaired) electrons. The number of anilines is 1. The molecule has 1 atom stereocenters. The summed E-state index contributed by atoms with van der Waals surface area (Å²) < 4.78 is 36.5. The number of rotatable bonds is 10. The summed E-state index contributed by atoms with van der Waals surface area (Å²) in [7, 11) is -3.77. The summed E-state index contributed by atoms with van der Waals surface area (Å²) in [6.07, 6.45) is 2.92. The highest BCUT2D eigenvalue weighted by Crippen LogP contribution is 2.31. The summed E-state index contributed by atoms with van der Waals surface area (Å²) in [6.45, 7) is 7.20. The summed E-state index contributed by atoms with van der Waals surface area (Å²) in [5.41, 5.74) is 2.84. The second-order valence-electron chi connectivity index (χ2n) is 9.89. The first-order chi connectivity index (χ1) is 18.9. The fraction of sp³-hybridized carbons (Fsp3) is 0.414. The zero-order valence-electron chi connectivity index (χ0n) is 22.5. The molecule has 4 aromatic rings. The number of hydrogen-bond donors (Lipinski definition) is 1. The number of nitrogens with zero attached hydrogens (tertiary/aromatic N) is 3. The van der Waals surface area contributed by atoms with E-state index in [-0.39, 0.29) is 10.8 Å². The monoisotopic (exact) mass is 568 g/mol. The fourth-order valence-electron chi connectivity index (χ4n) is 5.39. The Morgan fingerprint density at radius 2 is 1.82 bits per heavy atom. The SMILES string of the molecule is CCCCCCN1CCN(S(=O)(=O)c2cccs2)C(OC(=O)Nc2ccc3c(c2)c2ccccc2n3CC)C1. The van der Waals surface area contributed by atoms with Gasteiger partial charge in [0.2, 0.25) is 0 Å². The van der Waals surface area contributed by atoms with Crippen LogP contribution in [0.3, 0.4) is 0 Å². The number of benzene rings is 2. The summed E-state index contributed by atoms with van der Waals surface area (Å²) in [6, 6.07) is 17.3. The van der Waals surface area contributed by atoms with Crippen LogP contribution in [0.25, 0.3) is 21.8 Å². The number of para-hydroxylation sites is 1. The number of piperazine rings is 1. The van der Waals surface area contributed by atoms with Gasteiger partial charge in [-0.3, -0.25) is 10.2 Å². The van der Waals surface area contributed by atoms with Gasteiger partial charge in [-0.1, -0.05) is 50.5 Å². The molecule has 1 saturated heterocycles. The lowest BCUT2D eigenvalue weighted by molar-refractivity contribution is -0.0166. The Labute approximate surface area is 234 Å². The number of nitrogens with one attached hydrogen (secondary N) is 1. The first kappa shape index (κ1) is 27.6. The van der Waals surface area contributed by atoms with Crippen molar-refractivity contribution < 1.29 is 17.9 Å². The molecule has 8 nitrogen and oxygen atoms in total. The molecule has 1 aliphatic heterocycles. The molecule has 5 rings (SSSR count). The molecule has 10 heteroatoms. The molecule has 0 saturated carbocycles. The maximum atomic E-state index is 13.4. The predicted octanol–water partition coefficient (Wildman–Crippen LogP) is 6.34. The van der Waals surface area contributed by atoms with Crippen molar-refractivity contribution in [1.29, 1.82) is 0 Å². The Bertz CT molecular complexity index is 1530. The largest absolute Gasteiger partial charge is 0.428 e. The van der Waals surface area contributed by atoms with Crippen LogP contribution >= 0.6 is 11.3 Å². The summed E-state index contributed by atoms with van der Waals surface area (Å²) in [5.74, 6) is 0. The van der Waals surface area contributed by atoms with Crippen molar-refractivity contribution >= 4 is 54.9 Å². The molecule has 0 aliphatic carbocycles. The number of thiophene rings is 1. The third-order valence-electron chi connectivity index (χ3n) is 7.34. The average molecular weight is 569 g/mol. The Balaban J connectivity index is 1.35. The molecule has 2 aromatic carbocycles. The average Bonchev–Trinajstić information content (AvgIpc) is 3.58. The third-order valence-corrected chi connectivity index (χ3v) is 10.6. The molecule has 1 unspecified atom stereocenters. The molecule has 2 aromatic heterocycles. The molecule has 0 spiro atoms. The smallest absolute Gasteiger partial charge is 0.413 e. The Morgan fingerprint density at radius 1 is 1.00 bits per heavy atom. The minimum absolute atomic E-state index is 0.255. The number of hydrogen-bond acceptors (Lipinski definition) is 6. The van der Waals surface area contributed by atoms with Gasteiger partial charge in [0.1, 0.15) is 4.21 Å². The van der Waals surface area contributed by atoms with Crippen LogP contribution in [0, 0.1) is 0 Å². The molecule has 3 heterocycles. The van der Waals surface area contributed by atoms with Crippen LogP contribution in [0.4, 0.5) is 10.5 Å². The Hall–Kier alpha value is -2.92. The molecule has 1 amide bonds. The van der Waals surface area contributed by atoms with Crippen molar-refractivity contribution in [2.75, 3.05) is 31.5 Å². The fourth-order valence-corrected chi connectivity index (χ4v) is 8.00. The van der Waals surface area contributed by atoms with E-state index in [4.69, 9.17) is 4.74 Å². The molecule has 39 heavy (non-hydrogen) atoms. The van der Waals surface area contributed by atoms with Crippen molar-refractivity contribution in [3.63, 3.8) is 0 Å². The summed E-state index contributed by atoms with van der Waals surface area (Å²) >= 11 is 1.17. The van der Waals surface area contributed by atoms with Crippen molar-refractivity contribution in [3.8, 4) is 0 Å². The van der Waals surface area contributed by atoms with Crippen LogP contribution in [0.2, 0.25) is 0 Å². The van der Waals surface area contributed by atoms with Gasteiger partial charge in [0.25, 0.3) is 10.0 Å². The van der Waals surface area contributed by atoms with Crippen LogP contribution in [0.1, 0.15) is 39.5 Å². The van der Waals surface area contributed by atoms with Crippen molar-refractivity contribution in [2.45, 2.75) is 56.5 Å². The van der Waals surface area contributed by atoms with Crippen LogP contribution in [0.15, 0.2) is 64.2 Å². The number of fused-ring (bicyclic) bond motifs is 3. The van der Waals surface area contributed by atoms with Gasteiger partial charge in [0.05, 0.1) is 6.54 Å². The minimum atomic E-state index is -3.77. The number of aromatic nitrogens is 1. The molecular formula is C29H36N4O4S2. The van der Waals surface area contributed by atoms with E-state index in [0.29, 0.717) is 18.8 Å². The van der Waals surface area contributed by atoms with E-state index >= 15 is 0 Å². The number of ether oxygens (including phenoxy) is 1. The second-order valence-corrected chi connectivity index (χ2v) is 13.0.